The second-order valence-electron chi connectivity index (χ2n) is 4.23. The molecule has 0 spiro atoms. The average Bonchev–Trinajstić information content (AvgIpc) is 2.73. The lowest BCUT2D eigenvalue weighted by atomic mass is 10.2. The third-order valence-corrected chi connectivity index (χ3v) is 3.35. The summed E-state index contributed by atoms with van der Waals surface area (Å²) in [7, 11) is 1.61. The molecule has 5 nitrogen and oxygen atoms in total. The third-order valence-electron chi connectivity index (χ3n) is 3.05. The van der Waals surface area contributed by atoms with Gasteiger partial charge in [0.25, 0.3) is 0 Å². The summed E-state index contributed by atoms with van der Waals surface area (Å²) in [5, 5.41) is 2.80. The number of benzene rings is 1. The number of carbonyl (C=O) groups is 1. The van der Waals surface area contributed by atoms with Crippen molar-refractivity contribution in [1.29, 1.82) is 0 Å². The summed E-state index contributed by atoms with van der Waals surface area (Å²) in [6.07, 6.45) is 0. The van der Waals surface area contributed by atoms with Crippen molar-refractivity contribution < 1.29 is 9.53 Å². The molecule has 1 atom stereocenters. The number of para-hydroxylation sites is 1. The Morgan fingerprint density at radius 3 is 2.95 bits per heavy atom. The van der Waals surface area contributed by atoms with E-state index in [-0.39, 0.29) is 11.9 Å². The number of nitrogens with one attached hydrogen (secondary N) is 2. The topological polar surface area (TPSA) is 59.0 Å². The van der Waals surface area contributed by atoms with Crippen LogP contribution in [0.1, 0.15) is 19.9 Å². The van der Waals surface area contributed by atoms with Crippen molar-refractivity contribution in [2.24, 2.45) is 0 Å². The number of rotatable bonds is 4. The van der Waals surface area contributed by atoms with E-state index in [1.165, 1.54) is 0 Å². The lowest BCUT2D eigenvalue weighted by Gasteiger charge is -2.14. The minimum atomic E-state index is -0.367. The number of ether oxygens (including phenoxy) is 1. The normalized spacial score (nSPS) is 12.4. The molecule has 6 heteroatoms. The van der Waals surface area contributed by atoms with E-state index in [1.807, 2.05) is 32.0 Å². The number of hydrogen-bond donors (Lipinski definition) is 2. The third kappa shape index (κ3) is 2.35. The summed E-state index contributed by atoms with van der Waals surface area (Å²) in [4.78, 5) is 15.1. The quantitative estimate of drug-likeness (QED) is 0.845. The van der Waals surface area contributed by atoms with Crippen molar-refractivity contribution in [3.8, 4) is 5.75 Å². The van der Waals surface area contributed by atoms with Crippen LogP contribution in [0.4, 0.5) is 0 Å². The number of carbonyl (C=O) groups excluding carboxylic acids is 1. The van der Waals surface area contributed by atoms with Crippen LogP contribution in [-0.2, 0) is 4.79 Å². The van der Waals surface area contributed by atoms with E-state index in [0.717, 1.165) is 11.0 Å². The summed E-state index contributed by atoms with van der Waals surface area (Å²) in [5.74, 6) is 0.660. The molecule has 1 aromatic carbocycles. The van der Waals surface area contributed by atoms with Gasteiger partial charge < -0.3 is 19.6 Å². The van der Waals surface area contributed by atoms with Crippen LogP contribution < -0.4 is 10.1 Å². The number of fused-ring (bicyclic) bond motifs is 1. The van der Waals surface area contributed by atoms with Gasteiger partial charge in [-0.3, -0.25) is 4.79 Å². The first-order valence-corrected chi connectivity index (χ1v) is 6.55. The SMILES string of the molecule is CCNC(=O)C(C)n1c(=S)[nH]c2c(OC)cccc21. The minimum Gasteiger partial charge on any atom is -0.494 e. The molecule has 2 aromatic rings. The van der Waals surface area contributed by atoms with Gasteiger partial charge in [0, 0.05) is 6.54 Å². The van der Waals surface area contributed by atoms with Crippen LogP contribution in [0.25, 0.3) is 11.0 Å². The molecule has 19 heavy (non-hydrogen) atoms. The zero-order chi connectivity index (χ0) is 14.0. The molecular weight excluding hydrogens is 262 g/mol. The number of aromatic nitrogens is 2. The number of methoxy groups -OCH3 is 1. The Morgan fingerprint density at radius 2 is 2.32 bits per heavy atom. The van der Waals surface area contributed by atoms with Gasteiger partial charge in [0.2, 0.25) is 5.91 Å². The van der Waals surface area contributed by atoms with Crippen LogP contribution >= 0.6 is 12.2 Å². The van der Waals surface area contributed by atoms with Crippen LogP contribution in [0.5, 0.6) is 5.75 Å². The predicted octanol–water partition coefficient (Wildman–Crippen LogP) is 2.40. The van der Waals surface area contributed by atoms with Crippen LogP contribution in [0.3, 0.4) is 0 Å². The first-order chi connectivity index (χ1) is 9.10. The summed E-state index contributed by atoms with van der Waals surface area (Å²) < 4.78 is 7.61. The number of aromatic amines is 1. The molecule has 1 unspecified atom stereocenters. The van der Waals surface area contributed by atoms with Gasteiger partial charge in [0.05, 0.1) is 12.6 Å². The highest BCUT2D eigenvalue weighted by molar-refractivity contribution is 7.71. The maximum atomic E-state index is 12.0. The second-order valence-corrected chi connectivity index (χ2v) is 4.61. The molecular formula is C13H17N3O2S. The van der Waals surface area contributed by atoms with E-state index in [0.29, 0.717) is 17.1 Å². The molecule has 2 N–H and O–H groups in total. The van der Waals surface area contributed by atoms with Gasteiger partial charge in [-0.05, 0) is 38.2 Å². The Bertz CT molecular complexity index is 659. The van der Waals surface area contributed by atoms with Crippen LogP contribution in [0.2, 0.25) is 0 Å². The van der Waals surface area contributed by atoms with E-state index in [4.69, 9.17) is 17.0 Å². The minimum absolute atomic E-state index is 0.0534. The van der Waals surface area contributed by atoms with Crippen LogP contribution in [-0.4, -0.2) is 29.1 Å². The number of amides is 1. The first kappa shape index (κ1) is 13.6. The predicted molar refractivity (Wildman–Crippen MR) is 77.1 cm³/mol. The van der Waals surface area contributed by atoms with E-state index >= 15 is 0 Å². The Balaban J connectivity index is 2.58. The summed E-state index contributed by atoms with van der Waals surface area (Å²) in [5.41, 5.74) is 1.68. The molecule has 0 aliphatic rings. The number of likely N-dealkylation sites (N-methyl/N-ethyl adjacent to an activating group) is 1. The highest BCUT2D eigenvalue weighted by Crippen LogP contribution is 2.26. The van der Waals surface area contributed by atoms with Gasteiger partial charge >= 0.3 is 0 Å². The highest BCUT2D eigenvalue weighted by Gasteiger charge is 2.18. The summed E-state index contributed by atoms with van der Waals surface area (Å²) in [6, 6.07) is 5.28. The second kappa shape index (κ2) is 5.44. The van der Waals surface area contributed by atoms with Gasteiger partial charge in [-0.1, -0.05) is 6.07 Å². The highest BCUT2D eigenvalue weighted by atomic mass is 32.1. The Morgan fingerprint density at radius 1 is 1.58 bits per heavy atom. The lowest BCUT2D eigenvalue weighted by Crippen LogP contribution is -2.30. The smallest absolute Gasteiger partial charge is 0.242 e. The Kier molecular flexibility index (Phi) is 3.90. The van der Waals surface area contributed by atoms with E-state index in [1.54, 1.807) is 11.7 Å². The fraction of sp³-hybridized carbons (Fsp3) is 0.385. The molecule has 0 aliphatic carbocycles. The molecule has 0 saturated carbocycles. The lowest BCUT2D eigenvalue weighted by molar-refractivity contribution is -0.123. The van der Waals surface area contributed by atoms with Crippen molar-refractivity contribution in [2.45, 2.75) is 19.9 Å². The zero-order valence-corrected chi connectivity index (χ0v) is 12.0. The molecule has 1 heterocycles. The van der Waals surface area contributed by atoms with E-state index in [2.05, 4.69) is 10.3 Å². The molecule has 2 rings (SSSR count). The van der Waals surface area contributed by atoms with Gasteiger partial charge in [0.15, 0.2) is 4.77 Å². The molecule has 102 valence electrons. The molecule has 1 amide bonds. The summed E-state index contributed by atoms with van der Waals surface area (Å²) >= 11 is 5.31. The first-order valence-electron chi connectivity index (χ1n) is 6.15. The molecule has 0 radical (unpaired) electrons. The van der Waals surface area contributed by atoms with Gasteiger partial charge in [-0.2, -0.15) is 0 Å². The Labute approximate surface area is 116 Å². The number of imidazole rings is 1. The maximum absolute atomic E-state index is 12.0. The molecule has 0 saturated heterocycles. The summed E-state index contributed by atoms with van der Waals surface area (Å²) in [6.45, 7) is 4.32. The molecule has 0 bridgehead atoms. The van der Waals surface area contributed by atoms with Gasteiger partial charge in [-0.15, -0.1) is 0 Å². The van der Waals surface area contributed by atoms with Crippen molar-refractivity contribution in [1.82, 2.24) is 14.9 Å². The molecule has 0 fully saturated rings. The van der Waals surface area contributed by atoms with Gasteiger partial charge in [0.1, 0.15) is 17.3 Å². The standard InChI is InChI=1S/C13H17N3O2S/c1-4-14-12(17)8(2)16-9-6-5-7-10(18-3)11(9)15-13(16)19/h5-8H,4H2,1-3H3,(H,14,17)(H,15,19). The fourth-order valence-corrected chi connectivity index (χ4v) is 2.47. The monoisotopic (exact) mass is 279 g/mol. The fourth-order valence-electron chi connectivity index (χ4n) is 2.12. The number of hydrogen-bond acceptors (Lipinski definition) is 3. The maximum Gasteiger partial charge on any atom is 0.242 e. The average molecular weight is 279 g/mol. The van der Waals surface area contributed by atoms with Crippen LogP contribution in [0.15, 0.2) is 18.2 Å². The molecule has 0 aliphatic heterocycles. The van der Waals surface area contributed by atoms with E-state index in [9.17, 15) is 4.79 Å². The van der Waals surface area contributed by atoms with Crippen molar-refractivity contribution >= 4 is 29.2 Å². The van der Waals surface area contributed by atoms with Crippen LogP contribution in [0, 0.1) is 4.77 Å². The van der Waals surface area contributed by atoms with Crippen molar-refractivity contribution in [3.63, 3.8) is 0 Å². The Hall–Kier alpha value is -1.82. The molecule has 1 aromatic heterocycles. The van der Waals surface area contributed by atoms with E-state index < -0.39 is 0 Å². The number of H-pyrrole nitrogens is 1. The van der Waals surface area contributed by atoms with Gasteiger partial charge in [-0.25, -0.2) is 0 Å². The number of nitrogens with zero attached hydrogens (tertiary/aromatic N) is 1. The zero-order valence-electron chi connectivity index (χ0n) is 11.2. The van der Waals surface area contributed by atoms with Crippen molar-refractivity contribution in [3.05, 3.63) is 23.0 Å². The largest absolute Gasteiger partial charge is 0.494 e. The van der Waals surface area contributed by atoms with Crippen molar-refractivity contribution in [2.75, 3.05) is 13.7 Å².